The van der Waals surface area contributed by atoms with Gasteiger partial charge in [-0.15, -0.1) is 0 Å². The van der Waals surface area contributed by atoms with Crippen LogP contribution in [0.4, 0.5) is 13.2 Å². The van der Waals surface area contributed by atoms with Crippen LogP contribution in [0.2, 0.25) is 0 Å². The van der Waals surface area contributed by atoms with Gasteiger partial charge >= 0.3 is 6.18 Å². The van der Waals surface area contributed by atoms with Crippen molar-refractivity contribution in [2.24, 2.45) is 5.92 Å². The summed E-state index contributed by atoms with van der Waals surface area (Å²) in [5, 5.41) is 10.6. The number of alkyl halides is 3. The molecule has 0 aliphatic heterocycles. The molecule has 0 bridgehead atoms. The number of aryl methyl sites for hydroxylation is 1. The monoisotopic (exact) mass is 490 g/mol. The molecule has 1 aliphatic carbocycles. The van der Waals surface area contributed by atoms with Crippen LogP contribution in [-0.2, 0) is 11.3 Å². The predicted molar refractivity (Wildman–Crippen MR) is 120 cm³/mol. The summed E-state index contributed by atoms with van der Waals surface area (Å²) in [6.45, 7) is 1.11. The van der Waals surface area contributed by atoms with Gasteiger partial charge in [-0.1, -0.05) is 6.42 Å². The molecule has 0 atom stereocenters. The van der Waals surface area contributed by atoms with E-state index in [1.54, 1.807) is 29.9 Å². The second kappa shape index (κ2) is 10.3. The van der Waals surface area contributed by atoms with Crippen molar-refractivity contribution in [3.63, 3.8) is 0 Å². The number of hydrogen-bond acceptors (Lipinski definition) is 6. The Hall–Kier alpha value is -3.70. The molecule has 0 unspecified atom stereocenters. The lowest BCUT2D eigenvalue weighted by atomic mass is 9.85. The SMILES string of the molecule is Cc1cc(Cn2cc3c(C(=O)NCCNC(=O)C4CCC4)nccc3n2)cnc1OCC(F)(F)F. The lowest BCUT2D eigenvalue weighted by molar-refractivity contribution is -0.154. The van der Waals surface area contributed by atoms with Crippen molar-refractivity contribution in [1.29, 1.82) is 0 Å². The van der Waals surface area contributed by atoms with Crippen LogP contribution in [0.25, 0.3) is 10.9 Å². The first kappa shape index (κ1) is 24.4. The summed E-state index contributed by atoms with van der Waals surface area (Å²) in [6, 6.07) is 3.36. The third-order valence-electron chi connectivity index (χ3n) is 5.69. The number of carbonyl (C=O) groups excluding carboxylic acids is 2. The molecule has 1 saturated carbocycles. The lowest BCUT2D eigenvalue weighted by Crippen LogP contribution is -2.39. The van der Waals surface area contributed by atoms with E-state index in [2.05, 4.69) is 25.7 Å². The van der Waals surface area contributed by atoms with E-state index in [1.807, 2.05) is 0 Å². The van der Waals surface area contributed by atoms with E-state index < -0.39 is 12.8 Å². The number of nitrogens with zero attached hydrogens (tertiary/aromatic N) is 4. The Morgan fingerprint density at radius 1 is 1.20 bits per heavy atom. The molecule has 0 spiro atoms. The molecule has 3 aromatic heterocycles. The van der Waals surface area contributed by atoms with Gasteiger partial charge in [-0.05, 0) is 37.5 Å². The maximum Gasteiger partial charge on any atom is 0.422 e. The second-order valence-corrected chi connectivity index (χ2v) is 8.46. The Bertz CT molecular complexity index is 1220. The minimum Gasteiger partial charge on any atom is -0.468 e. The summed E-state index contributed by atoms with van der Waals surface area (Å²) in [7, 11) is 0. The largest absolute Gasteiger partial charge is 0.468 e. The van der Waals surface area contributed by atoms with Gasteiger partial charge in [0.15, 0.2) is 6.61 Å². The standard InChI is InChI=1S/C23H25F3N6O3/c1-14-9-15(10-30-22(14)35-13-23(24,25)26)11-32-12-17-18(31-32)5-6-27-19(17)21(34)29-8-7-28-20(33)16-3-2-4-16/h5-6,9-10,12,16H,2-4,7-8,11,13H2,1H3,(H,28,33)(H,29,34). The van der Waals surface area contributed by atoms with Crippen molar-refractivity contribution < 1.29 is 27.5 Å². The number of ether oxygens (including phenoxy) is 1. The highest BCUT2D eigenvalue weighted by Gasteiger charge is 2.29. The van der Waals surface area contributed by atoms with Crippen molar-refractivity contribution in [3.05, 3.63) is 47.5 Å². The van der Waals surface area contributed by atoms with Crippen LogP contribution in [0.5, 0.6) is 5.88 Å². The molecule has 0 aromatic carbocycles. The highest BCUT2D eigenvalue weighted by atomic mass is 19.4. The highest BCUT2D eigenvalue weighted by molar-refractivity contribution is 6.04. The molecule has 9 nitrogen and oxygen atoms in total. The summed E-state index contributed by atoms with van der Waals surface area (Å²) >= 11 is 0. The van der Waals surface area contributed by atoms with E-state index in [-0.39, 0.29) is 42.4 Å². The molecule has 4 rings (SSSR count). The predicted octanol–water partition coefficient (Wildman–Crippen LogP) is 2.77. The Morgan fingerprint density at radius 3 is 2.66 bits per heavy atom. The minimum atomic E-state index is -4.44. The maximum atomic E-state index is 12.7. The number of fused-ring (bicyclic) bond motifs is 1. The van der Waals surface area contributed by atoms with Crippen molar-refractivity contribution in [2.75, 3.05) is 19.7 Å². The van der Waals surface area contributed by atoms with Gasteiger partial charge < -0.3 is 15.4 Å². The van der Waals surface area contributed by atoms with Gasteiger partial charge in [0.05, 0.1) is 17.4 Å². The summed E-state index contributed by atoms with van der Waals surface area (Å²) in [5.74, 6) is -0.341. The number of halogens is 3. The van der Waals surface area contributed by atoms with Gasteiger partial charge in [0.1, 0.15) is 5.69 Å². The minimum absolute atomic E-state index is 0.0247. The van der Waals surface area contributed by atoms with Gasteiger partial charge in [-0.3, -0.25) is 19.3 Å². The quantitative estimate of drug-likeness (QED) is 0.447. The van der Waals surface area contributed by atoms with Gasteiger partial charge in [0.2, 0.25) is 11.8 Å². The van der Waals surface area contributed by atoms with E-state index in [1.165, 1.54) is 12.4 Å². The fraction of sp³-hybridized carbons (Fsp3) is 0.435. The zero-order chi connectivity index (χ0) is 25.0. The average molecular weight is 490 g/mol. The summed E-state index contributed by atoms with van der Waals surface area (Å²) in [6.07, 6.45) is 3.07. The first-order valence-corrected chi connectivity index (χ1v) is 11.2. The smallest absolute Gasteiger partial charge is 0.422 e. The maximum absolute atomic E-state index is 12.7. The molecule has 1 aliphatic rings. The number of hydrogen-bond donors (Lipinski definition) is 2. The van der Waals surface area contributed by atoms with Crippen LogP contribution in [0.15, 0.2) is 30.7 Å². The number of rotatable bonds is 9. The van der Waals surface area contributed by atoms with Crippen molar-refractivity contribution in [1.82, 2.24) is 30.4 Å². The molecule has 2 amide bonds. The topological polar surface area (TPSA) is 111 Å². The van der Waals surface area contributed by atoms with Crippen LogP contribution in [0.3, 0.4) is 0 Å². The number of nitrogens with one attached hydrogen (secondary N) is 2. The van der Waals surface area contributed by atoms with Crippen LogP contribution < -0.4 is 15.4 Å². The molecule has 0 radical (unpaired) electrons. The van der Waals surface area contributed by atoms with E-state index in [9.17, 15) is 22.8 Å². The Kier molecular flexibility index (Phi) is 7.17. The summed E-state index contributed by atoms with van der Waals surface area (Å²) in [4.78, 5) is 32.7. The fourth-order valence-corrected chi connectivity index (χ4v) is 3.71. The molecule has 12 heteroatoms. The third-order valence-corrected chi connectivity index (χ3v) is 5.69. The molecule has 186 valence electrons. The summed E-state index contributed by atoms with van der Waals surface area (Å²) in [5.41, 5.74) is 1.95. The van der Waals surface area contributed by atoms with Crippen LogP contribution in [0.1, 0.15) is 40.9 Å². The van der Waals surface area contributed by atoms with E-state index >= 15 is 0 Å². The fourth-order valence-electron chi connectivity index (χ4n) is 3.71. The molecular weight excluding hydrogens is 465 g/mol. The molecular formula is C23H25F3N6O3. The van der Waals surface area contributed by atoms with E-state index in [4.69, 9.17) is 4.74 Å². The molecule has 0 saturated heterocycles. The third kappa shape index (κ3) is 6.25. The van der Waals surface area contributed by atoms with Gasteiger partial charge in [0, 0.05) is 43.2 Å². The number of amides is 2. The number of carbonyl (C=O) groups is 2. The van der Waals surface area contributed by atoms with Crippen molar-refractivity contribution in [2.45, 2.75) is 38.9 Å². The highest BCUT2D eigenvalue weighted by Crippen LogP contribution is 2.26. The number of aromatic nitrogens is 4. The summed E-state index contributed by atoms with van der Waals surface area (Å²) < 4.78 is 43.5. The molecule has 3 aromatic rings. The zero-order valence-electron chi connectivity index (χ0n) is 19.1. The van der Waals surface area contributed by atoms with Gasteiger partial charge in [-0.25, -0.2) is 4.98 Å². The molecule has 2 N–H and O–H groups in total. The number of pyridine rings is 2. The average Bonchev–Trinajstić information content (AvgIpc) is 3.16. The first-order valence-electron chi connectivity index (χ1n) is 11.2. The van der Waals surface area contributed by atoms with E-state index in [0.717, 1.165) is 19.3 Å². The normalized spacial score (nSPS) is 13.9. The molecule has 1 fully saturated rings. The Labute approximate surface area is 199 Å². The van der Waals surface area contributed by atoms with Gasteiger partial charge in [0.25, 0.3) is 5.91 Å². The molecule has 3 heterocycles. The zero-order valence-corrected chi connectivity index (χ0v) is 19.1. The van der Waals surface area contributed by atoms with Crippen LogP contribution in [0, 0.1) is 12.8 Å². The van der Waals surface area contributed by atoms with Crippen molar-refractivity contribution in [3.8, 4) is 5.88 Å². The van der Waals surface area contributed by atoms with Crippen molar-refractivity contribution >= 4 is 22.7 Å². The second-order valence-electron chi connectivity index (χ2n) is 8.46. The van der Waals surface area contributed by atoms with Crippen LogP contribution >= 0.6 is 0 Å². The Morgan fingerprint density at radius 2 is 1.97 bits per heavy atom. The van der Waals surface area contributed by atoms with E-state index in [0.29, 0.717) is 28.6 Å². The Balaban J connectivity index is 1.37. The molecule has 35 heavy (non-hydrogen) atoms. The lowest BCUT2D eigenvalue weighted by Gasteiger charge is -2.24. The first-order chi connectivity index (χ1) is 16.7. The van der Waals surface area contributed by atoms with Gasteiger partial charge in [-0.2, -0.15) is 18.3 Å². The van der Waals surface area contributed by atoms with Crippen LogP contribution in [-0.4, -0.2) is 57.4 Å².